The Morgan fingerprint density at radius 1 is 1.32 bits per heavy atom. The van der Waals surface area contributed by atoms with E-state index in [1.54, 1.807) is 0 Å². The zero-order valence-corrected chi connectivity index (χ0v) is 12.7. The number of carbonyl (C=O) groups is 1. The zero-order valence-electron chi connectivity index (χ0n) is 11.2. The van der Waals surface area contributed by atoms with E-state index in [1.165, 1.54) is 12.8 Å². The molecular formula is C15H19BrN2O. The summed E-state index contributed by atoms with van der Waals surface area (Å²) in [6, 6.07) is 7.03. The normalized spacial score (nSPS) is 26.3. The second-order valence-corrected chi connectivity index (χ2v) is 6.55. The zero-order chi connectivity index (χ0) is 13.4. The highest BCUT2D eigenvalue weighted by Gasteiger charge is 2.31. The lowest BCUT2D eigenvalue weighted by Gasteiger charge is -2.25. The summed E-state index contributed by atoms with van der Waals surface area (Å²) in [4.78, 5) is 14.7. The Balaban J connectivity index is 1.81. The third-order valence-corrected chi connectivity index (χ3v) is 4.73. The first-order valence-corrected chi connectivity index (χ1v) is 7.74. The van der Waals surface area contributed by atoms with E-state index in [0.29, 0.717) is 12.1 Å². The molecule has 4 heteroatoms. The number of hydrogen-bond acceptors (Lipinski definition) is 2. The van der Waals surface area contributed by atoms with Crippen LogP contribution in [0.5, 0.6) is 0 Å². The molecule has 0 aliphatic carbocycles. The van der Waals surface area contributed by atoms with Gasteiger partial charge in [0.15, 0.2) is 0 Å². The van der Waals surface area contributed by atoms with Gasteiger partial charge in [0.05, 0.1) is 0 Å². The van der Waals surface area contributed by atoms with Crippen LogP contribution < -0.4 is 5.32 Å². The summed E-state index contributed by atoms with van der Waals surface area (Å²) in [6.07, 6.45) is 3.55. The van der Waals surface area contributed by atoms with Crippen LogP contribution in [-0.2, 0) is 0 Å². The second kappa shape index (κ2) is 5.25. The number of halogens is 1. The molecule has 1 aromatic rings. The van der Waals surface area contributed by atoms with Crippen LogP contribution in [-0.4, -0.2) is 36.0 Å². The maximum absolute atomic E-state index is 12.7. The van der Waals surface area contributed by atoms with Gasteiger partial charge in [-0.25, -0.2) is 0 Å². The number of benzene rings is 1. The predicted octanol–water partition coefficient (Wildman–Crippen LogP) is 2.72. The molecule has 1 aromatic carbocycles. The van der Waals surface area contributed by atoms with Gasteiger partial charge in [0.25, 0.3) is 5.91 Å². The summed E-state index contributed by atoms with van der Waals surface area (Å²) in [7, 11) is 0. The fraction of sp³-hybridized carbons (Fsp3) is 0.533. The van der Waals surface area contributed by atoms with Crippen LogP contribution in [0.4, 0.5) is 0 Å². The second-order valence-electron chi connectivity index (χ2n) is 5.64. The van der Waals surface area contributed by atoms with E-state index in [1.807, 2.05) is 30.0 Å². The molecule has 0 aromatic heterocycles. The predicted molar refractivity (Wildman–Crippen MR) is 79.3 cm³/mol. The first-order chi connectivity index (χ1) is 9.13. The minimum absolute atomic E-state index is 0.174. The van der Waals surface area contributed by atoms with Gasteiger partial charge in [-0.15, -0.1) is 0 Å². The van der Waals surface area contributed by atoms with Gasteiger partial charge >= 0.3 is 0 Å². The van der Waals surface area contributed by atoms with E-state index in [9.17, 15) is 4.79 Å². The summed E-state index contributed by atoms with van der Waals surface area (Å²) in [5.41, 5.74) is 1.88. The Morgan fingerprint density at radius 2 is 2.11 bits per heavy atom. The lowest BCUT2D eigenvalue weighted by Crippen LogP contribution is -2.39. The number of aryl methyl sites for hydroxylation is 1. The molecule has 2 heterocycles. The Bertz CT molecular complexity index is 503. The molecule has 2 aliphatic heterocycles. The number of carbonyl (C=O) groups excluding carboxylic acids is 1. The molecule has 1 amide bonds. The third kappa shape index (κ3) is 2.70. The molecule has 2 saturated heterocycles. The number of amides is 1. The van der Waals surface area contributed by atoms with E-state index >= 15 is 0 Å². The number of hydrogen-bond donors (Lipinski definition) is 1. The maximum atomic E-state index is 12.7. The van der Waals surface area contributed by atoms with Crippen LogP contribution >= 0.6 is 15.9 Å². The minimum Gasteiger partial charge on any atom is -0.337 e. The standard InChI is InChI=1S/C15H19BrN2O/c1-10-2-3-11(16)8-14(10)15(19)18-7-6-12-4-5-13(9-18)17-12/h2-3,8,12-13,17H,4-7,9H2,1H3. The van der Waals surface area contributed by atoms with Crippen LogP contribution in [0.3, 0.4) is 0 Å². The Kier molecular flexibility index (Phi) is 3.63. The van der Waals surface area contributed by atoms with Gasteiger partial charge in [-0.05, 0) is 43.9 Å². The van der Waals surface area contributed by atoms with E-state index < -0.39 is 0 Å². The number of likely N-dealkylation sites (tertiary alicyclic amines) is 1. The van der Waals surface area contributed by atoms with Crippen molar-refractivity contribution in [1.82, 2.24) is 10.2 Å². The first-order valence-electron chi connectivity index (χ1n) is 6.95. The average Bonchev–Trinajstić information content (AvgIpc) is 2.71. The molecular weight excluding hydrogens is 304 g/mol. The van der Waals surface area contributed by atoms with Crippen molar-refractivity contribution in [1.29, 1.82) is 0 Å². The van der Waals surface area contributed by atoms with E-state index in [2.05, 4.69) is 21.2 Å². The van der Waals surface area contributed by atoms with Gasteiger partial charge in [0.2, 0.25) is 0 Å². The van der Waals surface area contributed by atoms with Gasteiger partial charge in [-0.1, -0.05) is 22.0 Å². The summed E-state index contributed by atoms with van der Waals surface area (Å²) >= 11 is 3.45. The number of fused-ring (bicyclic) bond motifs is 2. The quantitative estimate of drug-likeness (QED) is 0.862. The van der Waals surface area contributed by atoms with Gasteiger partial charge in [0, 0.05) is 35.2 Å². The van der Waals surface area contributed by atoms with Crippen LogP contribution in [0, 0.1) is 6.92 Å². The largest absolute Gasteiger partial charge is 0.337 e. The van der Waals surface area contributed by atoms with Gasteiger partial charge in [-0.3, -0.25) is 4.79 Å². The van der Waals surface area contributed by atoms with Crippen molar-refractivity contribution in [2.24, 2.45) is 0 Å². The summed E-state index contributed by atoms with van der Waals surface area (Å²) in [6.45, 7) is 3.72. The average molecular weight is 323 g/mol. The van der Waals surface area contributed by atoms with Crippen molar-refractivity contribution >= 4 is 21.8 Å². The third-order valence-electron chi connectivity index (χ3n) is 4.24. The summed E-state index contributed by atoms with van der Waals surface area (Å²) < 4.78 is 0.968. The molecule has 0 spiro atoms. The highest BCUT2D eigenvalue weighted by Crippen LogP contribution is 2.23. The summed E-state index contributed by atoms with van der Waals surface area (Å²) in [5.74, 6) is 0.174. The van der Waals surface area contributed by atoms with Crippen molar-refractivity contribution < 1.29 is 4.79 Å². The summed E-state index contributed by atoms with van der Waals surface area (Å²) in [5, 5.41) is 3.61. The first kappa shape index (κ1) is 13.1. The van der Waals surface area contributed by atoms with Crippen LogP contribution in [0.25, 0.3) is 0 Å². The number of nitrogens with one attached hydrogen (secondary N) is 1. The molecule has 3 rings (SSSR count). The van der Waals surface area contributed by atoms with Crippen molar-refractivity contribution in [2.45, 2.75) is 38.3 Å². The van der Waals surface area contributed by atoms with E-state index in [-0.39, 0.29) is 5.91 Å². The molecule has 1 N–H and O–H groups in total. The van der Waals surface area contributed by atoms with Crippen molar-refractivity contribution in [3.05, 3.63) is 33.8 Å². The number of nitrogens with zero attached hydrogens (tertiary/aromatic N) is 1. The Morgan fingerprint density at radius 3 is 2.95 bits per heavy atom. The fourth-order valence-corrected chi connectivity index (χ4v) is 3.48. The van der Waals surface area contributed by atoms with Crippen molar-refractivity contribution in [2.75, 3.05) is 13.1 Å². The molecule has 102 valence electrons. The Hall–Kier alpha value is -0.870. The van der Waals surface area contributed by atoms with Crippen molar-refractivity contribution in [3.8, 4) is 0 Å². The molecule has 2 bridgehead atoms. The van der Waals surface area contributed by atoms with Crippen LogP contribution in [0.15, 0.2) is 22.7 Å². The van der Waals surface area contributed by atoms with E-state index in [0.717, 1.165) is 35.1 Å². The molecule has 3 nitrogen and oxygen atoms in total. The fourth-order valence-electron chi connectivity index (χ4n) is 3.12. The highest BCUT2D eigenvalue weighted by molar-refractivity contribution is 9.10. The monoisotopic (exact) mass is 322 g/mol. The SMILES string of the molecule is Cc1ccc(Br)cc1C(=O)N1CCC2CCC(C1)N2. The molecule has 2 fully saturated rings. The maximum Gasteiger partial charge on any atom is 0.254 e. The number of rotatable bonds is 1. The van der Waals surface area contributed by atoms with Gasteiger partial charge < -0.3 is 10.2 Å². The van der Waals surface area contributed by atoms with E-state index in [4.69, 9.17) is 0 Å². The topological polar surface area (TPSA) is 32.3 Å². The smallest absolute Gasteiger partial charge is 0.254 e. The highest BCUT2D eigenvalue weighted by atomic mass is 79.9. The van der Waals surface area contributed by atoms with Gasteiger partial charge in [-0.2, -0.15) is 0 Å². The lowest BCUT2D eigenvalue weighted by atomic mass is 10.0. The van der Waals surface area contributed by atoms with Crippen LogP contribution in [0.1, 0.15) is 35.2 Å². The molecule has 19 heavy (non-hydrogen) atoms. The molecule has 2 atom stereocenters. The Labute approximate surface area is 122 Å². The molecule has 0 saturated carbocycles. The van der Waals surface area contributed by atoms with Crippen LogP contribution in [0.2, 0.25) is 0 Å². The lowest BCUT2D eigenvalue weighted by molar-refractivity contribution is 0.0747. The van der Waals surface area contributed by atoms with Gasteiger partial charge in [0.1, 0.15) is 0 Å². The van der Waals surface area contributed by atoms with Crippen molar-refractivity contribution in [3.63, 3.8) is 0 Å². The minimum atomic E-state index is 0.174. The molecule has 2 aliphatic rings. The molecule has 0 radical (unpaired) electrons. The molecule has 2 unspecified atom stereocenters.